The van der Waals surface area contributed by atoms with Gasteiger partial charge in [0.15, 0.2) is 0 Å². The molecule has 0 aliphatic heterocycles. The summed E-state index contributed by atoms with van der Waals surface area (Å²) >= 11 is 0. The average Bonchev–Trinajstić information content (AvgIpc) is 2.97. The highest BCUT2D eigenvalue weighted by molar-refractivity contribution is 4.92. The summed E-state index contributed by atoms with van der Waals surface area (Å²) in [6, 6.07) is 0.728. The van der Waals surface area contributed by atoms with Gasteiger partial charge in [-0.3, -0.25) is 0 Å². The Bertz CT molecular complexity index is 372. The Hall–Kier alpha value is -0.900. The van der Waals surface area contributed by atoms with Gasteiger partial charge in [-0.05, 0) is 44.1 Å². The predicted octanol–water partition coefficient (Wildman–Crippen LogP) is 2.64. The van der Waals surface area contributed by atoms with E-state index in [4.69, 9.17) is 0 Å². The molecule has 19 heavy (non-hydrogen) atoms. The monoisotopic (exact) mass is 264 g/mol. The van der Waals surface area contributed by atoms with Gasteiger partial charge in [-0.2, -0.15) is 5.10 Å². The van der Waals surface area contributed by atoms with Crippen molar-refractivity contribution in [1.29, 1.82) is 0 Å². The largest absolute Gasteiger partial charge is 0.314 e. The summed E-state index contributed by atoms with van der Waals surface area (Å²) in [4.78, 5) is 4.45. The first-order valence-corrected chi connectivity index (χ1v) is 7.79. The van der Waals surface area contributed by atoms with Crippen molar-refractivity contribution >= 4 is 0 Å². The Morgan fingerprint density at radius 1 is 1.42 bits per heavy atom. The second kappa shape index (κ2) is 7.04. The zero-order chi connectivity index (χ0) is 13.7. The molecular formula is C15H28N4. The maximum atomic E-state index is 4.45. The maximum absolute atomic E-state index is 4.45. The smallest absolute Gasteiger partial charge is 0.138 e. The van der Waals surface area contributed by atoms with Crippen molar-refractivity contribution in [2.24, 2.45) is 11.8 Å². The molecule has 0 radical (unpaired) electrons. The molecule has 1 heterocycles. The molecule has 0 aromatic carbocycles. The van der Waals surface area contributed by atoms with Crippen LogP contribution in [0.25, 0.3) is 0 Å². The molecule has 0 saturated heterocycles. The number of nitrogens with one attached hydrogen (secondary N) is 1. The topological polar surface area (TPSA) is 42.7 Å². The SMILES string of the molecule is CCCNC1CCC(Cc2ncnn2CC(C)C)C1. The van der Waals surface area contributed by atoms with Crippen LogP contribution in [0.1, 0.15) is 52.3 Å². The second-order valence-corrected chi connectivity index (χ2v) is 6.29. The van der Waals surface area contributed by atoms with Gasteiger partial charge in [0, 0.05) is 19.0 Å². The minimum absolute atomic E-state index is 0.628. The molecule has 1 N–H and O–H groups in total. The summed E-state index contributed by atoms with van der Waals surface area (Å²) in [5.74, 6) is 2.59. The highest BCUT2D eigenvalue weighted by Crippen LogP contribution is 2.28. The van der Waals surface area contributed by atoms with E-state index in [1.54, 1.807) is 6.33 Å². The van der Waals surface area contributed by atoms with E-state index in [-0.39, 0.29) is 0 Å². The summed E-state index contributed by atoms with van der Waals surface area (Å²) in [6.07, 6.45) is 7.98. The molecular weight excluding hydrogens is 236 g/mol. The van der Waals surface area contributed by atoms with Gasteiger partial charge in [0.05, 0.1) is 0 Å². The number of rotatable bonds is 7. The molecule has 2 unspecified atom stereocenters. The summed E-state index contributed by atoms with van der Waals surface area (Å²) in [5.41, 5.74) is 0. The Morgan fingerprint density at radius 3 is 3.00 bits per heavy atom. The van der Waals surface area contributed by atoms with E-state index < -0.39 is 0 Å². The van der Waals surface area contributed by atoms with E-state index in [0.717, 1.165) is 31.5 Å². The van der Waals surface area contributed by atoms with Crippen molar-refractivity contribution in [3.05, 3.63) is 12.2 Å². The predicted molar refractivity (Wildman–Crippen MR) is 78.0 cm³/mol. The molecule has 0 bridgehead atoms. The minimum atomic E-state index is 0.628. The highest BCUT2D eigenvalue weighted by atomic mass is 15.3. The lowest BCUT2D eigenvalue weighted by Gasteiger charge is -2.13. The van der Waals surface area contributed by atoms with Crippen molar-refractivity contribution in [3.63, 3.8) is 0 Å². The van der Waals surface area contributed by atoms with Gasteiger partial charge in [0.1, 0.15) is 12.2 Å². The van der Waals surface area contributed by atoms with Gasteiger partial charge < -0.3 is 5.32 Å². The molecule has 4 nitrogen and oxygen atoms in total. The average molecular weight is 264 g/mol. The van der Waals surface area contributed by atoms with Crippen LogP contribution < -0.4 is 5.32 Å². The zero-order valence-corrected chi connectivity index (χ0v) is 12.6. The minimum Gasteiger partial charge on any atom is -0.314 e. The standard InChI is InChI=1S/C15H28N4/c1-4-7-16-14-6-5-13(8-14)9-15-17-11-18-19(15)10-12(2)3/h11-14,16H,4-10H2,1-3H3. The summed E-state index contributed by atoms with van der Waals surface area (Å²) in [7, 11) is 0. The molecule has 0 amide bonds. The van der Waals surface area contributed by atoms with E-state index in [2.05, 4.69) is 40.9 Å². The highest BCUT2D eigenvalue weighted by Gasteiger charge is 2.25. The van der Waals surface area contributed by atoms with Crippen molar-refractivity contribution in [3.8, 4) is 0 Å². The lowest BCUT2D eigenvalue weighted by molar-refractivity contribution is 0.433. The third-order valence-electron chi connectivity index (χ3n) is 3.93. The molecule has 0 spiro atoms. The third kappa shape index (κ3) is 4.30. The van der Waals surface area contributed by atoms with Crippen LogP contribution in [0, 0.1) is 11.8 Å². The molecule has 108 valence electrons. The van der Waals surface area contributed by atoms with Crippen LogP contribution in [0.5, 0.6) is 0 Å². The Morgan fingerprint density at radius 2 is 2.26 bits per heavy atom. The van der Waals surface area contributed by atoms with Crippen molar-refractivity contribution in [2.45, 2.75) is 65.5 Å². The molecule has 1 aromatic heterocycles. The number of nitrogens with zero attached hydrogens (tertiary/aromatic N) is 3. The van der Waals surface area contributed by atoms with Crippen LogP contribution in [0.4, 0.5) is 0 Å². The molecule has 4 heteroatoms. The third-order valence-corrected chi connectivity index (χ3v) is 3.93. The quantitative estimate of drug-likeness (QED) is 0.823. The zero-order valence-electron chi connectivity index (χ0n) is 12.6. The van der Waals surface area contributed by atoms with Crippen LogP contribution in [-0.4, -0.2) is 27.4 Å². The Labute approximate surface area is 117 Å². The normalized spacial score (nSPS) is 23.4. The van der Waals surface area contributed by atoms with Crippen LogP contribution in [-0.2, 0) is 13.0 Å². The Balaban J connectivity index is 1.83. The molecule has 1 fully saturated rings. The van der Waals surface area contributed by atoms with E-state index >= 15 is 0 Å². The second-order valence-electron chi connectivity index (χ2n) is 6.29. The lowest BCUT2D eigenvalue weighted by atomic mass is 10.0. The molecule has 1 aliphatic rings. The molecule has 1 aliphatic carbocycles. The van der Waals surface area contributed by atoms with Crippen LogP contribution in [0.15, 0.2) is 6.33 Å². The van der Waals surface area contributed by atoms with Crippen LogP contribution >= 0.6 is 0 Å². The van der Waals surface area contributed by atoms with Gasteiger partial charge in [-0.15, -0.1) is 0 Å². The van der Waals surface area contributed by atoms with Crippen LogP contribution in [0.2, 0.25) is 0 Å². The van der Waals surface area contributed by atoms with Gasteiger partial charge in [-0.1, -0.05) is 20.8 Å². The molecule has 1 aromatic rings. The lowest BCUT2D eigenvalue weighted by Crippen LogP contribution is -2.27. The van der Waals surface area contributed by atoms with E-state index in [1.165, 1.54) is 31.5 Å². The van der Waals surface area contributed by atoms with Gasteiger partial charge in [-0.25, -0.2) is 9.67 Å². The fourth-order valence-electron chi connectivity index (χ4n) is 3.00. The number of hydrogen-bond donors (Lipinski definition) is 1. The number of aromatic nitrogens is 3. The molecule has 2 atom stereocenters. The van der Waals surface area contributed by atoms with Crippen LogP contribution in [0.3, 0.4) is 0 Å². The van der Waals surface area contributed by atoms with Gasteiger partial charge in [0.2, 0.25) is 0 Å². The first kappa shape index (κ1) is 14.5. The van der Waals surface area contributed by atoms with Crippen molar-refractivity contribution in [1.82, 2.24) is 20.1 Å². The summed E-state index contributed by atoms with van der Waals surface area (Å²) < 4.78 is 2.09. The Kier molecular flexibility index (Phi) is 5.37. The molecule has 1 saturated carbocycles. The first-order chi connectivity index (χ1) is 9.19. The van der Waals surface area contributed by atoms with E-state index in [0.29, 0.717) is 5.92 Å². The summed E-state index contributed by atoms with van der Waals surface area (Å²) in [5, 5.41) is 8.00. The fraction of sp³-hybridized carbons (Fsp3) is 0.867. The van der Waals surface area contributed by atoms with Gasteiger partial charge in [0.25, 0.3) is 0 Å². The van der Waals surface area contributed by atoms with E-state index in [1.807, 2.05) is 0 Å². The maximum Gasteiger partial charge on any atom is 0.138 e. The molecule has 2 rings (SSSR count). The summed E-state index contributed by atoms with van der Waals surface area (Å²) in [6.45, 7) is 8.83. The van der Waals surface area contributed by atoms with E-state index in [9.17, 15) is 0 Å². The number of hydrogen-bond acceptors (Lipinski definition) is 3. The fourth-order valence-corrected chi connectivity index (χ4v) is 3.00. The van der Waals surface area contributed by atoms with Gasteiger partial charge >= 0.3 is 0 Å². The first-order valence-electron chi connectivity index (χ1n) is 7.79. The van der Waals surface area contributed by atoms with Crippen molar-refractivity contribution in [2.75, 3.05) is 6.54 Å². The van der Waals surface area contributed by atoms with Crippen molar-refractivity contribution < 1.29 is 0 Å².